The maximum Gasteiger partial charge on any atom is 0.0678 e. The second kappa shape index (κ2) is 17.6. The molecule has 0 saturated carbocycles. The van der Waals surface area contributed by atoms with Crippen molar-refractivity contribution in [3.8, 4) is 0 Å². The molecule has 4 rings (SSSR count). The molecule has 0 aliphatic carbocycles. The first-order valence-corrected chi connectivity index (χ1v) is 18.5. The average Bonchev–Trinajstić information content (AvgIpc) is 2.97. The van der Waals surface area contributed by atoms with Crippen LogP contribution in [0.5, 0.6) is 0 Å². The van der Waals surface area contributed by atoms with Crippen molar-refractivity contribution in [3.63, 3.8) is 0 Å². The largest absolute Gasteiger partial charge is 0.373 e. The van der Waals surface area contributed by atoms with Gasteiger partial charge in [-0.05, 0) is 98.3 Å². The van der Waals surface area contributed by atoms with Gasteiger partial charge >= 0.3 is 0 Å². The van der Waals surface area contributed by atoms with Crippen molar-refractivity contribution in [2.75, 3.05) is 39.3 Å². The maximum absolute atomic E-state index is 5.83. The Balaban J connectivity index is 0.000000250. The van der Waals surface area contributed by atoms with Gasteiger partial charge in [-0.3, -0.25) is 9.80 Å². The van der Waals surface area contributed by atoms with Crippen molar-refractivity contribution in [2.45, 2.75) is 144 Å². The molecule has 4 nitrogen and oxygen atoms in total. The van der Waals surface area contributed by atoms with Gasteiger partial charge in [-0.15, -0.1) is 0 Å². The standard InChI is InChI=1S/2C21H35NO/c2*1-7-21(5,6)20-10-8-19(9-11-20)12-16(2)13-22-14-17(3)23-18(4)15-22/h2*8-11,16-18H,7,12-15H2,1-6H3/t2*16?,17-,18+. The molecule has 0 amide bonds. The molecule has 2 heterocycles. The Bertz CT molecular complexity index is 1030. The molecule has 2 unspecified atom stereocenters. The topological polar surface area (TPSA) is 24.9 Å². The average molecular weight is 635 g/mol. The molecule has 2 aromatic rings. The van der Waals surface area contributed by atoms with Crippen molar-refractivity contribution >= 4 is 0 Å². The minimum absolute atomic E-state index is 0.282. The lowest BCUT2D eigenvalue weighted by atomic mass is 9.82. The molecule has 0 N–H and O–H groups in total. The van der Waals surface area contributed by atoms with E-state index in [0.29, 0.717) is 36.3 Å². The highest BCUT2D eigenvalue weighted by Crippen LogP contribution is 2.28. The Morgan fingerprint density at radius 2 is 0.848 bits per heavy atom. The molecule has 4 heteroatoms. The SMILES string of the molecule is CCC(C)(C)c1ccc(CC(C)CN2C[C@@H](C)O[C@@H](C)C2)cc1.CCC(C)(C)c1ccc(CC(C)CN2C[C@@H](C)O[C@@H](C)C2)cc1. The summed E-state index contributed by atoms with van der Waals surface area (Å²) in [6, 6.07) is 18.6. The highest BCUT2D eigenvalue weighted by molar-refractivity contribution is 5.29. The minimum Gasteiger partial charge on any atom is -0.373 e. The highest BCUT2D eigenvalue weighted by atomic mass is 16.5. The summed E-state index contributed by atoms with van der Waals surface area (Å²) in [5.41, 5.74) is 6.39. The van der Waals surface area contributed by atoms with Crippen molar-refractivity contribution in [1.29, 1.82) is 0 Å². The zero-order valence-corrected chi connectivity index (χ0v) is 31.9. The Hall–Kier alpha value is -1.72. The monoisotopic (exact) mass is 635 g/mol. The molecule has 2 saturated heterocycles. The fraction of sp³-hybridized carbons (Fsp3) is 0.714. The zero-order valence-electron chi connectivity index (χ0n) is 31.9. The predicted octanol–water partition coefficient (Wildman–Crippen LogP) is 9.32. The van der Waals surface area contributed by atoms with Gasteiger partial charge in [0.2, 0.25) is 0 Å². The summed E-state index contributed by atoms with van der Waals surface area (Å²) in [5.74, 6) is 1.36. The second-order valence-electron chi connectivity index (χ2n) is 16.4. The van der Waals surface area contributed by atoms with Crippen LogP contribution in [-0.4, -0.2) is 73.5 Å². The number of benzene rings is 2. The number of hydrogen-bond donors (Lipinski definition) is 0. The number of nitrogens with zero attached hydrogens (tertiary/aromatic N) is 2. The Morgan fingerprint density at radius 3 is 1.11 bits per heavy atom. The van der Waals surface area contributed by atoms with Gasteiger partial charge in [0, 0.05) is 39.3 Å². The van der Waals surface area contributed by atoms with E-state index in [9.17, 15) is 0 Å². The molecule has 2 aliphatic rings. The summed E-state index contributed by atoms with van der Waals surface area (Å²) in [6.07, 6.45) is 6.12. The molecule has 0 radical (unpaired) electrons. The second-order valence-corrected chi connectivity index (χ2v) is 16.4. The van der Waals surface area contributed by atoms with Gasteiger partial charge in [-0.1, -0.05) is 104 Å². The van der Waals surface area contributed by atoms with Crippen LogP contribution < -0.4 is 0 Å². The Labute approximate surface area is 284 Å². The summed E-state index contributed by atoms with van der Waals surface area (Å²) in [7, 11) is 0. The van der Waals surface area contributed by atoms with Gasteiger partial charge in [0.25, 0.3) is 0 Å². The summed E-state index contributed by atoms with van der Waals surface area (Å²) < 4.78 is 11.7. The first-order chi connectivity index (χ1) is 21.6. The van der Waals surface area contributed by atoms with Gasteiger partial charge < -0.3 is 9.47 Å². The number of ether oxygens (including phenoxy) is 2. The molecular weight excluding hydrogens is 564 g/mol. The fourth-order valence-corrected chi connectivity index (χ4v) is 7.27. The molecule has 2 fully saturated rings. The van der Waals surface area contributed by atoms with E-state index >= 15 is 0 Å². The number of morpholine rings is 2. The van der Waals surface area contributed by atoms with Crippen LogP contribution in [0, 0.1) is 11.8 Å². The first-order valence-electron chi connectivity index (χ1n) is 18.5. The highest BCUT2D eigenvalue weighted by Gasteiger charge is 2.25. The summed E-state index contributed by atoms with van der Waals surface area (Å²) in [5, 5.41) is 0. The van der Waals surface area contributed by atoms with Crippen LogP contribution in [0.25, 0.3) is 0 Å². The molecule has 46 heavy (non-hydrogen) atoms. The van der Waals surface area contributed by atoms with E-state index < -0.39 is 0 Å². The molecule has 260 valence electrons. The molecule has 2 aliphatic heterocycles. The molecule has 0 aromatic heterocycles. The van der Waals surface area contributed by atoms with Crippen LogP contribution in [0.3, 0.4) is 0 Å². The minimum atomic E-state index is 0.282. The van der Waals surface area contributed by atoms with E-state index in [2.05, 4.69) is 141 Å². The van der Waals surface area contributed by atoms with E-state index in [0.717, 1.165) is 39.0 Å². The zero-order chi connectivity index (χ0) is 34.1. The fourth-order valence-electron chi connectivity index (χ4n) is 7.27. The van der Waals surface area contributed by atoms with Crippen LogP contribution in [0.4, 0.5) is 0 Å². The molecular formula is C42H70N2O2. The Kier molecular flexibility index (Phi) is 14.8. The first kappa shape index (κ1) is 38.7. The van der Waals surface area contributed by atoms with Crippen molar-refractivity contribution in [3.05, 3.63) is 70.8 Å². The van der Waals surface area contributed by atoms with E-state index in [-0.39, 0.29) is 10.8 Å². The third-order valence-electron chi connectivity index (χ3n) is 10.5. The van der Waals surface area contributed by atoms with Gasteiger partial charge in [0.05, 0.1) is 24.4 Å². The van der Waals surface area contributed by atoms with Crippen LogP contribution in [-0.2, 0) is 33.1 Å². The van der Waals surface area contributed by atoms with Crippen molar-refractivity contribution in [1.82, 2.24) is 9.80 Å². The molecule has 6 atom stereocenters. The molecule has 0 bridgehead atoms. The van der Waals surface area contributed by atoms with Crippen molar-refractivity contribution in [2.24, 2.45) is 11.8 Å². The summed E-state index contributed by atoms with van der Waals surface area (Å²) in [4.78, 5) is 5.14. The van der Waals surface area contributed by atoms with Crippen LogP contribution in [0.2, 0.25) is 0 Å². The third-order valence-corrected chi connectivity index (χ3v) is 10.5. The van der Waals surface area contributed by atoms with Gasteiger partial charge in [0.1, 0.15) is 0 Å². The molecule has 0 spiro atoms. The van der Waals surface area contributed by atoms with Gasteiger partial charge in [0.15, 0.2) is 0 Å². The third kappa shape index (κ3) is 12.4. The number of rotatable bonds is 12. The van der Waals surface area contributed by atoms with E-state index in [1.165, 1.54) is 48.2 Å². The number of hydrogen-bond acceptors (Lipinski definition) is 4. The van der Waals surface area contributed by atoms with E-state index in [1.807, 2.05) is 0 Å². The summed E-state index contributed by atoms with van der Waals surface area (Å²) in [6.45, 7) is 33.9. The van der Waals surface area contributed by atoms with Gasteiger partial charge in [-0.2, -0.15) is 0 Å². The van der Waals surface area contributed by atoms with Crippen molar-refractivity contribution < 1.29 is 9.47 Å². The lowest BCUT2D eigenvalue weighted by Crippen LogP contribution is -2.47. The normalized spacial score (nSPS) is 24.6. The van der Waals surface area contributed by atoms with E-state index in [4.69, 9.17) is 9.47 Å². The van der Waals surface area contributed by atoms with Crippen LogP contribution >= 0.6 is 0 Å². The predicted molar refractivity (Wildman–Crippen MR) is 198 cm³/mol. The maximum atomic E-state index is 5.83. The lowest BCUT2D eigenvalue weighted by molar-refractivity contribution is -0.0711. The Morgan fingerprint density at radius 1 is 0.565 bits per heavy atom. The van der Waals surface area contributed by atoms with Crippen LogP contribution in [0.15, 0.2) is 48.5 Å². The summed E-state index contributed by atoms with van der Waals surface area (Å²) >= 11 is 0. The lowest BCUT2D eigenvalue weighted by Gasteiger charge is -2.36. The smallest absolute Gasteiger partial charge is 0.0678 e. The quantitative estimate of drug-likeness (QED) is 0.232. The van der Waals surface area contributed by atoms with Gasteiger partial charge in [-0.25, -0.2) is 0 Å². The molecule has 2 aromatic carbocycles. The van der Waals surface area contributed by atoms with E-state index in [1.54, 1.807) is 0 Å². The van der Waals surface area contributed by atoms with Crippen LogP contribution in [0.1, 0.15) is 118 Å².